The molecule has 0 radical (unpaired) electrons. The summed E-state index contributed by atoms with van der Waals surface area (Å²) in [4.78, 5) is 6.28. The number of hydrogen-bond acceptors (Lipinski definition) is 8. The fourth-order valence-electron chi connectivity index (χ4n) is 4.01. The number of anilines is 1. The van der Waals surface area contributed by atoms with Crippen LogP contribution < -0.4 is 19.1 Å². The Kier molecular flexibility index (Phi) is 6.94. The Bertz CT molecular complexity index is 1260. The molecule has 0 spiro atoms. The summed E-state index contributed by atoms with van der Waals surface area (Å²) in [6.07, 6.45) is 0.635. The first-order valence-electron chi connectivity index (χ1n) is 10.5. The van der Waals surface area contributed by atoms with E-state index < -0.39 is 31.6 Å². The van der Waals surface area contributed by atoms with Crippen LogP contribution in [0, 0.1) is 11.6 Å². The van der Waals surface area contributed by atoms with Gasteiger partial charge in [0.1, 0.15) is 16.5 Å². The van der Waals surface area contributed by atoms with E-state index in [2.05, 4.69) is 0 Å². The molecule has 0 atom stereocenters. The zero-order valence-electron chi connectivity index (χ0n) is 18.9. The highest BCUT2D eigenvalue weighted by molar-refractivity contribution is 7.92. The third-order valence-electron chi connectivity index (χ3n) is 5.80. The van der Waals surface area contributed by atoms with Gasteiger partial charge in [0.05, 0.1) is 32.3 Å². The van der Waals surface area contributed by atoms with Gasteiger partial charge in [0, 0.05) is 30.1 Å². The van der Waals surface area contributed by atoms with E-state index in [9.17, 15) is 17.2 Å². The van der Waals surface area contributed by atoms with Crippen LogP contribution in [0.25, 0.3) is 11.3 Å². The third kappa shape index (κ3) is 4.54. The molecule has 0 N–H and O–H groups in total. The smallest absolute Gasteiger partial charge is 0.203 e. The number of rotatable bonds is 7. The summed E-state index contributed by atoms with van der Waals surface area (Å²) in [6.45, 7) is 0.907. The van der Waals surface area contributed by atoms with Gasteiger partial charge in [-0.25, -0.2) is 22.2 Å². The van der Waals surface area contributed by atoms with Crippen molar-refractivity contribution in [2.75, 3.05) is 39.3 Å². The molecule has 0 saturated carbocycles. The Balaban J connectivity index is 1.50. The SMILES string of the molecule is COc1cc(-c2csc(N3CCC(S(=O)(=O)c4ccc(F)cc4F)CC3)n2)cc(OC)c1OC. The fraction of sp³-hybridized carbons (Fsp3) is 0.348. The predicted octanol–water partition coefficient (Wildman–Crippen LogP) is 4.56. The van der Waals surface area contributed by atoms with E-state index in [1.165, 1.54) is 18.4 Å². The highest BCUT2D eigenvalue weighted by atomic mass is 32.2. The highest BCUT2D eigenvalue weighted by Gasteiger charge is 2.34. The van der Waals surface area contributed by atoms with Crippen molar-refractivity contribution in [2.24, 2.45) is 0 Å². The van der Waals surface area contributed by atoms with Crippen LogP contribution in [0.3, 0.4) is 0 Å². The van der Waals surface area contributed by atoms with Gasteiger partial charge in [0.15, 0.2) is 26.5 Å². The number of methoxy groups -OCH3 is 3. The molecule has 7 nitrogen and oxygen atoms in total. The van der Waals surface area contributed by atoms with E-state index in [0.717, 1.165) is 28.5 Å². The summed E-state index contributed by atoms with van der Waals surface area (Å²) in [6, 6.07) is 6.19. The van der Waals surface area contributed by atoms with Gasteiger partial charge in [0.25, 0.3) is 0 Å². The van der Waals surface area contributed by atoms with Crippen molar-refractivity contribution in [1.82, 2.24) is 4.98 Å². The summed E-state index contributed by atoms with van der Waals surface area (Å²) in [5.41, 5.74) is 1.52. The Labute approximate surface area is 200 Å². The van der Waals surface area contributed by atoms with Gasteiger partial charge < -0.3 is 19.1 Å². The molecular formula is C23H24F2N2O5S2. The maximum atomic E-state index is 14.1. The molecule has 0 bridgehead atoms. The monoisotopic (exact) mass is 510 g/mol. The molecule has 4 rings (SSSR count). The number of halogens is 2. The maximum Gasteiger partial charge on any atom is 0.203 e. The van der Waals surface area contributed by atoms with Crippen molar-refractivity contribution in [2.45, 2.75) is 23.0 Å². The first kappa shape index (κ1) is 24.2. The van der Waals surface area contributed by atoms with Gasteiger partial charge >= 0.3 is 0 Å². The molecule has 1 aliphatic rings. The van der Waals surface area contributed by atoms with E-state index >= 15 is 0 Å². The lowest BCUT2D eigenvalue weighted by molar-refractivity contribution is 0.324. The first-order valence-corrected chi connectivity index (χ1v) is 12.9. The number of hydrogen-bond donors (Lipinski definition) is 0. The highest BCUT2D eigenvalue weighted by Crippen LogP contribution is 2.42. The van der Waals surface area contributed by atoms with Crippen LogP contribution in [0.15, 0.2) is 40.6 Å². The van der Waals surface area contributed by atoms with Crippen molar-refractivity contribution in [3.05, 3.63) is 47.3 Å². The maximum absolute atomic E-state index is 14.1. The van der Waals surface area contributed by atoms with Crippen LogP contribution >= 0.6 is 11.3 Å². The topological polar surface area (TPSA) is 78.0 Å². The van der Waals surface area contributed by atoms with Gasteiger partial charge in [-0.2, -0.15) is 0 Å². The standard InChI is InChI=1S/C23H24F2N2O5S2/c1-30-19-10-14(11-20(31-2)22(19)32-3)18-13-33-23(26-18)27-8-6-16(7-9-27)34(28,29)21-5-4-15(24)12-17(21)25/h4-5,10-13,16H,6-9H2,1-3H3. The lowest BCUT2D eigenvalue weighted by Crippen LogP contribution is -2.39. The van der Waals surface area contributed by atoms with E-state index in [1.807, 2.05) is 22.4 Å². The number of ether oxygens (including phenoxy) is 3. The van der Waals surface area contributed by atoms with Crippen molar-refractivity contribution < 1.29 is 31.4 Å². The van der Waals surface area contributed by atoms with Gasteiger partial charge in [-0.1, -0.05) is 0 Å². The van der Waals surface area contributed by atoms with Gasteiger partial charge in [0.2, 0.25) is 5.75 Å². The Morgan fingerprint density at radius 2 is 1.65 bits per heavy atom. The normalized spacial score (nSPS) is 14.8. The molecule has 1 aromatic heterocycles. The van der Waals surface area contributed by atoms with Gasteiger partial charge in [-0.15, -0.1) is 11.3 Å². The molecule has 2 heterocycles. The molecule has 11 heteroatoms. The lowest BCUT2D eigenvalue weighted by Gasteiger charge is -2.31. The van der Waals surface area contributed by atoms with Gasteiger partial charge in [-0.3, -0.25) is 0 Å². The minimum Gasteiger partial charge on any atom is -0.493 e. The second-order valence-electron chi connectivity index (χ2n) is 7.74. The van der Waals surface area contributed by atoms with Crippen LogP contribution in [0.5, 0.6) is 17.2 Å². The Morgan fingerprint density at radius 1 is 1.00 bits per heavy atom. The Morgan fingerprint density at radius 3 is 2.21 bits per heavy atom. The molecule has 0 unspecified atom stereocenters. The second-order valence-corrected chi connectivity index (χ2v) is 10.8. The zero-order chi connectivity index (χ0) is 24.5. The van der Waals surface area contributed by atoms with Crippen LogP contribution in [-0.4, -0.2) is 53.1 Å². The van der Waals surface area contributed by atoms with Crippen molar-refractivity contribution in [3.8, 4) is 28.5 Å². The summed E-state index contributed by atoms with van der Waals surface area (Å²) in [7, 11) is 0.727. The van der Waals surface area contributed by atoms with Crippen molar-refractivity contribution in [3.63, 3.8) is 0 Å². The molecule has 0 aliphatic carbocycles. The number of sulfone groups is 1. The number of aromatic nitrogens is 1. The minimum atomic E-state index is -3.90. The molecule has 1 saturated heterocycles. The average molecular weight is 511 g/mol. The zero-order valence-corrected chi connectivity index (χ0v) is 20.5. The molecule has 0 amide bonds. The minimum absolute atomic E-state index is 0.318. The number of piperidine rings is 1. The second kappa shape index (κ2) is 9.75. The molecule has 182 valence electrons. The van der Waals surface area contributed by atoms with Gasteiger partial charge in [-0.05, 0) is 37.1 Å². The lowest BCUT2D eigenvalue weighted by atomic mass is 10.1. The molecule has 1 aliphatic heterocycles. The number of nitrogens with zero attached hydrogens (tertiary/aromatic N) is 2. The predicted molar refractivity (Wildman–Crippen MR) is 126 cm³/mol. The number of benzene rings is 2. The molecule has 3 aromatic rings. The third-order valence-corrected chi connectivity index (χ3v) is 9.00. The van der Waals surface area contributed by atoms with Crippen LogP contribution in [0.2, 0.25) is 0 Å². The van der Waals surface area contributed by atoms with Crippen molar-refractivity contribution in [1.29, 1.82) is 0 Å². The van der Waals surface area contributed by atoms with Crippen molar-refractivity contribution >= 4 is 26.3 Å². The Hall–Kier alpha value is -2.92. The van der Waals surface area contributed by atoms with E-state index in [4.69, 9.17) is 19.2 Å². The average Bonchev–Trinajstić information content (AvgIpc) is 3.33. The van der Waals surface area contributed by atoms with E-state index in [-0.39, 0.29) is 0 Å². The summed E-state index contributed by atoms with van der Waals surface area (Å²) >= 11 is 1.45. The summed E-state index contributed by atoms with van der Waals surface area (Å²) in [5.74, 6) is -0.337. The molecule has 2 aromatic carbocycles. The van der Waals surface area contributed by atoms with Crippen LogP contribution in [-0.2, 0) is 9.84 Å². The molecule has 1 fully saturated rings. The van der Waals surface area contributed by atoms with Crippen LogP contribution in [0.4, 0.5) is 13.9 Å². The number of thiazole rings is 1. The summed E-state index contributed by atoms with van der Waals surface area (Å²) in [5, 5.41) is 1.93. The molecular weight excluding hydrogens is 486 g/mol. The molecule has 34 heavy (non-hydrogen) atoms. The fourth-order valence-corrected chi connectivity index (χ4v) is 6.68. The van der Waals surface area contributed by atoms with E-state index in [1.54, 1.807) is 14.2 Å². The summed E-state index contributed by atoms with van der Waals surface area (Å²) < 4.78 is 69.3. The largest absolute Gasteiger partial charge is 0.493 e. The van der Waals surface area contributed by atoms with E-state index in [0.29, 0.717) is 49.2 Å². The van der Waals surface area contributed by atoms with Crippen LogP contribution in [0.1, 0.15) is 12.8 Å². The first-order chi connectivity index (χ1) is 16.3. The quantitative estimate of drug-likeness (QED) is 0.432.